The molecule has 0 heterocycles. The van der Waals surface area contributed by atoms with Gasteiger partial charge in [0.1, 0.15) is 11.9 Å². The lowest BCUT2D eigenvalue weighted by molar-refractivity contribution is 0.577. The minimum absolute atomic E-state index is 0.0586. The Morgan fingerprint density at radius 3 is 2.48 bits per heavy atom. The largest absolute Gasteiger partial charge is 0.241 e. The van der Waals surface area contributed by atoms with E-state index in [0.717, 1.165) is 0 Å². The molecule has 2 aromatic rings. The second-order valence-electron chi connectivity index (χ2n) is 4.35. The molecular formula is C15H13FN2O2S. The smallest absolute Gasteiger partial charge is 0.211 e. The van der Waals surface area contributed by atoms with Crippen LogP contribution in [0.15, 0.2) is 53.4 Å². The first kappa shape index (κ1) is 15.2. The average Bonchev–Trinajstić information content (AvgIpc) is 2.49. The zero-order valence-corrected chi connectivity index (χ0v) is 11.9. The monoisotopic (exact) mass is 304 g/mol. The fraction of sp³-hybridized carbons (Fsp3) is 0.133. The predicted molar refractivity (Wildman–Crippen MR) is 76.4 cm³/mol. The Labute approximate surface area is 122 Å². The molecule has 0 saturated carbocycles. The highest BCUT2D eigenvalue weighted by molar-refractivity contribution is 7.89. The van der Waals surface area contributed by atoms with Crippen LogP contribution in [0.3, 0.4) is 0 Å². The fourth-order valence-electron chi connectivity index (χ4n) is 1.89. The molecule has 0 aliphatic carbocycles. The van der Waals surface area contributed by atoms with Crippen LogP contribution < -0.4 is 4.72 Å². The van der Waals surface area contributed by atoms with E-state index in [9.17, 15) is 12.8 Å². The van der Waals surface area contributed by atoms with Gasteiger partial charge in [0.05, 0.1) is 10.5 Å². The molecule has 0 atom stereocenters. The first-order valence-corrected chi connectivity index (χ1v) is 7.75. The van der Waals surface area contributed by atoms with Crippen LogP contribution in [0.2, 0.25) is 0 Å². The van der Waals surface area contributed by atoms with E-state index in [0.29, 0.717) is 5.56 Å². The number of benzene rings is 2. The Morgan fingerprint density at radius 2 is 1.76 bits per heavy atom. The Hall–Kier alpha value is -2.23. The van der Waals surface area contributed by atoms with E-state index in [2.05, 4.69) is 4.72 Å². The van der Waals surface area contributed by atoms with E-state index < -0.39 is 10.0 Å². The summed E-state index contributed by atoms with van der Waals surface area (Å²) in [5, 5.41) is 8.93. The number of nitriles is 1. The van der Waals surface area contributed by atoms with Crippen molar-refractivity contribution in [2.45, 2.75) is 11.3 Å². The molecule has 0 bridgehead atoms. The molecule has 0 aliphatic rings. The van der Waals surface area contributed by atoms with Gasteiger partial charge >= 0.3 is 0 Å². The number of nitrogens with one attached hydrogen (secondary N) is 1. The summed E-state index contributed by atoms with van der Waals surface area (Å²) in [7, 11) is -3.78. The molecule has 6 heteroatoms. The van der Waals surface area contributed by atoms with Gasteiger partial charge in [-0.2, -0.15) is 5.26 Å². The van der Waals surface area contributed by atoms with Crippen molar-refractivity contribution in [2.75, 3.05) is 6.54 Å². The van der Waals surface area contributed by atoms with Crippen LogP contribution in [0.5, 0.6) is 0 Å². The molecule has 0 amide bonds. The minimum Gasteiger partial charge on any atom is -0.211 e. The first-order chi connectivity index (χ1) is 10.0. The maximum absolute atomic E-state index is 13.4. The third kappa shape index (κ3) is 3.66. The topological polar surface area (TPSA) is 70.0 Å². The van der Waals surface area contributed by atoms with Gasteiger partial charge in [-0.15, -0.1) is 0 Å². The van der Waals surface area contributed by atoms with E-state index in [-0.39, 0.29) is 29.2 Å². The summed E-state index contributed by atoms with van der Waals surface area (Å²) >= 11 is 0. The molecule has 0 fully saturated rings. The first-order valence-electron chi connectivity index (χ1n) is 6.27. The highest BCUT2D eigenvalue weighted by Gasteiger charge is 2.17. The number of sulfonamides is 1. The molecule has 21 heavy (non-hydrogen) atoms. The number of rotatable bonds is 5. The van der Waals surface area contributed by atoms with Crippen molar-refractivity contribution in [3.8, 4) is 6.07 Å². The summed E-state index contributed by atoms with van der Waals surface area (Å²) in [6.45, 7) is 0.0586. The van der Waals surface area contributed by atoms with Gasteiger partial charge in [0.15, 0.2) is 0 Å². The van der Waals surface area contributed by atoms with Crippen LogP contribution in [-0.2, 0) is 16.4 Å². The molecule has 0 radical (unpaired) electrons. The third-order valence-electron chi connectivity index (χ3n) is 2.94. The van der Waals surface area contributed by atoms with E-state index in [4.69, 9.17) is 5.26 Å². The number of hydrogen-bond donors (Lipinski definition) is 1. The highest BCUT2D eigenvalue weighted by Crippen LogP contribution is 2.14. The zero-order chi connectivity index (χ0) is 15.3. The number of halogens is 1. The van der Waals surface area contributed by atoms with Crippen LogP contribution in [0.25, 0.3) is 0 Å². The zero-order valence-electron chi connectivity index (χ0n) is 11.1. The van der Waals surface area contributed by atoms with Crippen LogP contribution >= 0.6 is 0 Å². The van der Waals surface area contributed by atoms with Crippen LogP contribution in [0.4, 0.5) is 4.39 Å². The van der Waals surface area contributed by atoms with Crippen molar-refractivity contribution < 1.29 is 12.8 Å². The van der Waals surface area contributed by atoms with Gasteiger partial charge in [-0.3, -0.25) is 0 Å². The number of hydrogen-bond acceptors (Lipinski definition) is 3. The van der Waals surface area contributed by atoms with Crippen molar-refractivity contribution in [3.05, 3.63) is 65.5 Å². The lowest BCUT2D eigenvalue weighted by atomic mass is 10.1. The average molecular weight is 304 g/mol. The Bertz CT molecular complexity index is 782. The van der Waals surface area contributed by atoms with Gasteiger partial charge in [0, 0.05) is 6.54 Å². The molecule has 0 saturated heterocycles. The molecule has 1 N–H and O–H groups in total. The summed E-state index contributed by atoms with van der Waals surface area (Å²) in [5.41, 5.74) is 0.518. The van der Waals surface area contributed by atoms with Gasteiger partial charge in [-0.25, -0.2) is 17.5 Å². The molecule has 2 rings (SSSR count). The molecular weight excluding hydrogens is 291 g/mol. The Kier molecular flexibility index (Phi) is 4.68. The maximum atomic E-state index is 13.4. The van der Waals surface area contributed by atoms with Crippen LogP contribution in [0.1, 0.15) is 11.1 Å². The summed E-state index contributed by atoms with van der Waals surface area (Å²) in [4.78, 5) is -0.0685. The summed E-state index contributed by atoms with van der Waals surface area (Å²) in [5.74, 6) is -0.367. The van der Waals surface area contributed by atoms with E-state index >= 15 is 0 Å². The van der Waals surface area contributed by atoms with Gasteiger partial charge in [-0.05, 0) is 30.2 Å². The highest BCUT2D eigenvalue weighted by atomic mass is 32.2. The molecule has 0 unspecified atom stereocenters. The van der Waals surface area contributed by atoms with Gasteiger partial charge in [-0.1, -0.05) is 30.3 Å². The molecule has 0 aromatic heterocycles. The maximum Gasteiger partial charge on any atom is 0.241 e. The van der Waals surface area contributed by atoms with Crippen LogP contribution in [-0.4, -0.2) is 15.0 Å². The van der Waals surface area contributed by atoms with Crippen molar-refractivity contribution in [3.63, 3.8) is 0 Å². The Balaban J connectivity index is 2.09. The lowest BCUT2D eigenvalue weighted by Gasteiger charge is -2.08. The van der Waals surface area contributed by atoms with Gasteiger partial charge < -0.3 is 0 Å². The standard InChI is InChI=1S/C15H13FN2O2S/c16-14-7-3-1-5-12(14)9-10-18-21(19,20)15-8-4-2-6-13(15)11-17/h1-8,18H,9-10H2. The molecule has 0 aliphatic heterocycles. The summed E-state index contributed by atoms with van der Waals surface area (Å²) in [6.07, 6.45) is 0.237. The summed E-state index contributed by atoms with van der Waals surface area (Å²) < 4.78 is 40.1. The van der Waals surface area contributed by atoms with Crippen molar-refractivity contribution >= 4 is 10.0 Å². The van der Waals surface area contributed by atoms with E-state index in [1.807, 2.05) is 6.07 Å². The molecule has 108 valence electrons. The molecule has 4 nitrogen and oxygen atoms in total. The van der Waals surface area contributed by atoms with E-state index in [1.54, 1.807) is 30.3 Å². The summed E-state index contributed by atoms with van der Waals surface area (Å²) in [6, 6.07) is 14.0. The quantitative estimate of drug-likeness (QED) is 0.920. The van der Waals surface area contributed by atoms with Gasteiger partial charge in [0.25, 0.3) is 0 Å². The second kappa shape index (κ2) is 6.48. The second-order valence-corrected chi connectivity index (χ2v) is 6.08. The van der Waals surface area contributed by atoms with Crippen molar-refractivity contribution in [1.29, 1.82) is 5.26 Å². The van der Waals surface area contributed by atoms with Crippen LogP contribution in [0, 0.1) is 17.1 Å². The lowest BCUT2D eigenvalue weighted by Crippen LogP contribution is -2.26. The molecule has 0 spiro atoms. The van der Waals surface area contributed by atoms with Gasteiger partial charge in [0.2, 0.25) is 10.0 Å². The minimum atomic E-state index is -3.78. The Morgan fingerprint density at radius 1 is 1.10 bits per heavy atom. The SMILES string of the molecule is N#Cc1ccccc1S(=O)(=O)NCCc1ccccc1F. The fourth-order valence-corrected chi connectivity index (χ4v) is 3.08. The van der Waals surface area contributed by atoms with E-state index in [1.165, 1.54) is 18.2 Å². The number of nitrogens with zero attached hydrogens (tertiary/aromatic N) is 1. The predicted octanol–water partition coefficient (Wildman–Crippen LogP) is 2.22. The third-order valence-corrected chi connectivity index (χ3v) is 4.46. The normalized spacial score (nSPS) is 11.0. The van der Waals surface area contributed by atoms with Crippen molar-refractivity contribution in [2.24, 2.45) is 0 Å². The molecule has 2 aromatic carbocycles. The van der Waals surface area contributed by atoms with Crippen molar-refractivity contribution in [1.82, 2.24) is 4.72 Å².